The highest BCUT2D eigenvalue weighted by Gasteiger charge is 2.13. The second-order valence-corrected chi connectivity index (χ2v) is 4.80. The van der Waals surface area contributed by atoms with Gasteiger partial charge in [-0.05, 0) is 11.6 Å². The molecule has 0 spiro atoms. The number of methoxy groups -OCH3 is 2. The van der Waals surface area contributed by atoms with Crippen LogP contribution in [0.3, 0.4) is 0 Å². The minimum atomic E-state index is 0.0218. The molecule has 9 heteroatoms. The van der Waals surface area contributed by atoms with Gasteiger partial charge < -0.3 is 29.7 Å². The zero-order chi connectivity index (χ0) is 17.6. The molecule has 0 saturated heterocycles. The van der Waals surface area contributed by atoms with E-state index in [9.17, 15) is 0 Å². The predicted molar refractivity (Wildman–Crippen MR) is 92.6 cm³/mol. The molecule has 24 heavy (non-hydrogen) atoms. The second kappa shape index (κ2) is 12.7. The molecular weight excluding hydrogens is 336 g/mol. The van der Waals surface area contributed by atoms with E-state index in [0.717, 1.165) is 6.21 Å². The first-order chi connectivity index (χ1) is 11.7. The number of ether oxygens (including phenoxy) is 4. The largest absolute Gasteiger partial charge is 0.474 e. The Morgan fingerprint density at radius 3 is 2.54 bits per heavy atom. The molecule has 0 aliphatic heterocycles. The van der Waals surface area contributed by atoms with E-state index in [4.69, 9.17) is 36.0 Å². The number of hydrogen-bond acceptors (Lipinski definition) is 8. The number of anilines is 1. The molecule has 2 N–H and O–H groups in total. The minimum Gasteiger partial charge on any atom is -0.474 e. The topological polar surface area (TPSA) is 98.6 Å². The van der Waals surface area contributed by atoms with Crippen LogP contribution in [0.15, 0.2) is 12.2 Å². The van der Waals surface area contributed by atoms with Crippen LogP contribution in [0.5, 0.6) is 5.88 Å². The van der Waals surface area contributed by atoms with Crippen LogP contribution in [-0.4, -0.2) is 70.0 Å². The molecule has 8 nitrogen and oxygen atoms in total. The minimum absolute atomic E-state index is 0.0218. The molecule has 0 aliphatic carbocycles. The van der Waals surface area contributed by atoms with E-state index in [1.807, 2.05) is 12.2 Å². The Hall–Kier alpha value is -1.74. The summed E-state index contributed by atoms with van der Waals surface area (Å²) < 4.78 is 20.7. The van der Waals surface area contributed by atoms with Crippen molar-refractivity contribution in [2.45, 2.75) is 0 Å². The van der Waals surface area contributed by atoms with Crippen molar-refractivity contribution in [2.24, 2.45) is 0 Å². The summed E-state index contributed by atoms with van der Waals surface area (Å²) in [6.07, 6.45) is 4.87. The van der Waals surface area contributed by atoms with Crippen molar-refractivity contribution in [2.75, 3.05) is 59.1 Å². The average molecular weight is 359 g/mol. The van der Waals surface area contributed by atoms with Gasteiger partial charge in [0.25, 0.3) is 0 Å². The average Bonchev–Trinajstić information content (AvgIpc) is 2.58. The Kier molecular flexibility index (Phi) is 10.7. The van der Waals surface area contributed by atoms with Gasteiger partial charge in [0, 0.05) is 27.0 Å². The van der Waals surface area contributed by atoms with Crippen LogP contribution in [-0.2, 0) is 14.2 Å². The van der Waals surface area contributed by atoms with E-state index in [-0.39, 0.29) is 11.2 Å². The summed E-state index contributed by atoms with van der Waals surface area (Å²) in [4.78, 5) is 8.05. The van der Waals surface area contributed by atoms with E-state index in [0.29, 0.717) is 51.0 Å². The van der Waals surface area contributed by atoms with Gasteiger partial charge in [-0.3, -0.25) is 0 Å². The monoisotopic (exact) mass is 358 g/mol. The first-order valence-electron chi connectivity index (χ1n) is 7.38. The third kappa shape index (κ3) is 7.69. The maximum atomic E-state index is 7.46. The number of rotatable bonds is 13. The molecule has 1 heterocycles. The normalized spacial score (nSPS) is 11.0. The van der Waals surface area contributed by atoms with Gasteiger partial charge in [0.05, 0.1) is 26.4 Å². The lowest BCUT2D eigenvalue weighted by molar-refractivity contribution is 0.0853. The molecule has 1 rings (SSSR count). The highest BCUT2D eigenvalue weighted by Crippen LogP contribution is 2.26. The van der Waals surface area contributed by atoms with Crippen LogP contribution in [0.2, 0.25) is 5.28 Å². The summed E-state index contributed by atoms with van der Waals surface area (Å²) in [5.74, 6) is 0.287. The number of nitrogens with zero attached hydrogens (tertiary/aromatic N) is 2. The van der Waals surface area contributed by atoms with Gasteiger partial charge in [0.2, 0.25) is 11.2 Å². The van der Waals surface area contributed by atoms with E-state index in [1.165, 1.54) is 0 Å². The van der Waals surface area contributed by atoms with Crippen molar-refractivity contribution in [1.29, 1.82) is 5.41 Å². The van der Waals surface area contributed by atoms with Crippen molar-refractivity contribution in [3.05, 3.63) is 23.1 Å². The summed E-state index contributed by atoms with van der Waals surface area (Å²) in [5.41, 5.74) is 0.864. The quantitative estimate of drug-likeness (QED) is 0.240. The summed E-state index contributed by atoms with van der Waals surface area (Å²) in [6, 6.07) is 0. The second-order valence-electron chi connectivity index (χ2n) is 4.46. The van der Waals surface area contributed by atoms with Crippen LogP contribution in [0, 0.1) is 5.41 Å². The number of halogens is 1. The summed E-state index contributed by atoms with van der Waals surface area (Å²) in [6.45, 7) is 2.85. The van der Waals surface area contributed by atoms with Crippen LogP contribution < -0.4 is 10.1 Å². The van der Waals surface area contributed by atoms with Crippen molar-refractivity contribution < 1.29 is 18.9 Å². The molecular formula is C15H23ClN4O4. The van der Waals surface area contributed by atoms with Crippen molar-refractivity contribution in [3.63, 3.8) is 0 Å². The van der Waals surface area contributed by atoms with E-state index >= 15 is 0 Å². The fourth-order valence-corrected chi connectivity index (χ4v) is 1.80. The number of nitrogens with one attached hydrogen (secondary N) is 2. The molecule has 0 fully saturated rings. The lowest BCUT2D eigenvalue weighted by Crippen LogP contribution is -2.12. The lowest BCUT2D eigenvalue weighted by Gasteiger charge is -2.13. The Bertz CT molecular complexity index is 528. The van der Waals surface area contributed by atoms with Crippen molar-refractivity contribution in [3.8, 4) is 5.88 Å². The molecule has 0 aliphatic rings. The smallest absolute Gasteiger partial charge is 0.242 e. The molecule has 0 bridgehead atoms. The maximum Gasteiger partial charge on any atom is 0.242 e. The summed E-state index contributed by atoms with van der Waals surface area (Å²) in [7, 11) is 3.21. The molecule has 1 aromatic rings. The van der Waals surface area contributed by atoms with E-state index < -0.39 is 0 Å². The predicted octanol–water partition coefficient (Wildman–Crippen LogP) is 1.78. The van der Waals surface area contributed by atoms with E-state index in [1.54, 1.807) is 14.2 Å². The molecule has 134 valence electrons. The molecule has 0 atom stereocenters. The fourth-order valence-electron chi connectivity index (χ4n) is 1.63. The van der Waals surface area contributed by atoms with Gasteiger partial charge in [-0.15, -0.1) is 0 Å². The van der Waals surface area contributed by atoms with Crippen LogP contribution in [0.1, 0.15) is 5.69 Å². The maximum absolute atomic E-state index is 7.46. The first-order valence-corrected chi connectivity index (χ1v) is 7.76. The van der Waals surface area contributed by atoms with Gasteiger partial charge in [-0.1, -0.05) is 12.2 Å². The molecule has 0 unspecified atom stereocenters. The Morgan fingerprint density at radius 2 is 1.83 bits per heavy atom. The molecule has 0 aromatic carbocycles. The molecule has 0 saturated carbocycles. The Labute approximate surface area is 146 Å². The van der Waals surface area contributed by atoms with Crippen LogP contribution in [0.25, 0.3) is 0 Å². The highest BCUT2D eigenvalue weighted by atomic mass is 35.5. The third-order valence-corrected chi connectivity index (χ3v) is 2.92. The van der Waals surface area contributed by atoms with Gasteiger partial charge in [0.1, 0.15) is 18.0 Å². The highest BCUT2D eigenvalue weighted by molar-refractivity contribution is 6.28. The Morgan fingerprint density at radius 1 is 1.08 bits per heavy atom. The van der Waals surface area contributed by atoms with Crippen molar-refractivity contribution in [1.82, 2.24) is 9.97 Å². The van der Waals surface area contributed by atoms with Gasteiger partial charge in [-0.25, -0.2) is 4.98 Å². The van der Waals surface area contributed by atoms with E-state index in [2.05, 4.69) is 15.3 Å². The SMILES string of the molecule is COCCOC/C=C/CNc1c(C=N)nc(Cl)nc1OCCOC. The molecule has 0 amide bonds. The number of hydrogen-bond donors (Lipinski definition) is 2. The van der Waals surface area contributed by atoms with Gasteiger partial charge in [-0.2, -0.15) is 4.98 Å². The number of aromatic nitrogens is 2. The summed E-state index contributed by atoms with van der Waals surface area (Å²) in [5, 5.41) is 10.6. The van der Waals surface area contributed by atoms with Crippen molar-refractivity contribution >= 4 is 23.5 Å². The summed E-state index contributed by atoms with van der Waals surface area (Å²) >= 11 is 5.85. The molecule has 1 aromatic heterocycles. The first kappa shape index (κ1) is 20.3. The van der Waals surface area contributed by atoms with Crippen LogP contribution in [0.4, 0.5) is 5.69 Å². The van der Waals surface area contributed by atoms with Gasteiger partial charge in [0.15, 0.2) is 0 Å². The Balaban J connectivity index is 2.60. The van der Waals surface area contributed by atoms with Crippen LogP contribution >= 0.6 is 11.6 Å². The fraction of sp³-hybridized carbons (Fsp3) is 0.533. The standard InChI is InChI=1S/C15H23ClN4O4/c1-21-7-9-23-6-4-3-5-18-13-12(11-17)19-15(16)20-14(13)24-10-8-22-2/h3-4,11,17-18H,5-10H2,1-2H3/b4-3+,17-11?. The third-order valence-electron chi connectivity index (χ3n) is 2.75. The lowest BCUT2D eigenvalue weighted by atomic mass is 10.3. The molecule has 0 radical (unpaired) electrons. The zero-order valence-corrected chi connectivity index (χ0v) is 14.6. The zero-order valence-electron chi connectivity index (χ0n) is 13.9. The van der Waals surface area contributed by atoms with Gasteiger partial charge >= 0.3 is 0 Å².